The second-order valence-electron chi connectivity index (χ2n) is 3.80. The molecule has 72 valence electrons. The molecule has 2 nitrogen and oxygen atoms in total. The van der Waals surface area contributed by atoms with E-state index in [2.05, 4.69) is 40.9 Å². The lowest BCUT2D eigenvalue weighted by molar-refractivity contribution is 0.244. The lowest BCUT2D eigenvalue weighted by Gasteiger charge is -2.22. The van der Waals surface area contributed by atoms with Crippen molar-refractivity contribution < 1.29 is 0 Å². The summed E-state index contributed by atoms with van der Waals surface area (Å²) < 4.78 is 2.29. The summed E-state index contributed by atoms with van der Waals surface area (Å²) in [5, 5.41) is 0. The van der Waals surface area contributed by atoms with Crippen molar-refractivity contribution in [1.29, 1.82) is 0 Å². The number of rotatable bonds is 3. The third-order valence-corrected chi connectivity index (χ3v) is 2.99. The van der Waals surface area contributed by atoms with E-state index in [0.717, 1.165) is 6.04 Å². The van der Waals surface area contributed by atoms with E-state index in [1.54, 1.807) is 0 Å². The number of likely N-dealkylation sites (N-methyl/N-ethyl adjacent to an activating group) is 1. The van der Waals surface area contributed by atoms with Crippen molar-refractivity contribution in [2.45, 2.75) is 32.4 Å². The van der Waals surface area contributed by atoms with Crippen molar-refractivity contribution in [2.75, 3.05) is 13.1 Å². The first-order valence-corrected chi connectivity index (χ1v) is 5.25. The Labute approximate surface area is 80.2 Å². The second kappa shape index (κ2) is 3.97. The van der Waals surface area contributed by atoms with Gasteiger partial charge in [0.25, 0.3) is 0 Å². The number of likely N-dealkylation sites (tertiary alicyclic amines) is 1. The fourth-order valence-electron chi connectivity index (χ4n) is 2.25. The zero-order valence-electron chi connectivity index (χ0n) is 8.32. The number of hydrogen-bond acceptors (Lipinski definition) is 1. The van der Waals surface area contributed by atoms with E-state index in [1.807, 2.05) is 0 Å². The molecule has 0 amide bonds. The van der Waals surface area contributed by atoms with E-state index in [1.165, 1.54) is 32.5 Å². The van der Waals surface area contributed by atoms with Crippen molar-refractivity contribution in [3.8, 4) is 0 Å². The first-order chi connectivity index (χ1) is 6.40. The van der Waals surface area contributed by atoms with Crippen LogP contribution < -0.4 is 0 Å². The third-order valence-electron chi connectivity index (χ3n) is 2.99. The van der Waals surface area contributed by atoms with Gasteiger partial charge >= 0.3 is 0 Å². The molecule has 0 aliphatic carbocycles. The summed E-state index contributed by atoms with van der Waals surface area (Å²) in [6.45, 7) is 5.92. The van der Waals surface area contributed by atoms with Crippen LogP contribution in [0.1, 0.15) is 19.8 Å². The molecule has 1 aromatic heterocycles. The van der Waals surface area contributed by atoms with Gasteiger partial charge in [-0.1, -0.05) is 6.92 Å². The highest BCUT2D eigenvalue weighted by atomic mass is 15.2. The van der Waals surface area contributed by atoms with Gasteiger partial charge in [-0.25, -0.2) is 0 Å². The molecule has 13 heavy (non-hydrogen) atoms. The molecule has 0 spiro atoms. The fourth-order valence-corrected chi connectivity index (χ4v) is 2.25. The van der Waals surface area contributed by atoms with Crippen LogP contribution >= 0.6 is 0 Å². The molecule has 1 aliphatic rings. The van der Waals surface area contributed by atoms with Crippen molar-refractivity contribution in [2.24, 2.45) is 0 Å². The maximum atomic E-state index is 2.58. The SMILES string of the molecule is CCN1CCCC1Cn1cccc1. The van der Waals surface area contributed by atoms with Gasteiger partial charge in [-0.05, 0) is 38.1 Å². The second-order valence-corrected chi connectivity index (χ2v) is 3.80. The van der Waals surface area contributed by atoms with Crippen LogP contribution in [0.25, 0.3) is 0 Å². The van der Waals surface area contributed by atoms with Gasteiger partial charge in [0.05, 0.1) is 0 Å². The summed E-state index contributed by atoms with van der Waals surface area (Å²) in [6, 6.07) is 4.98. The molecule has 0 saturated carbocycles. The molecule has 2 heterocycles. The van der Waals surface area contributed by atoms with Gasteiger partial charge < -0.3 is 4.57 Å². The number of nitrogens with zero attached hydrogens (tertiary/aromatic N) is 2. The Kier molecular flexibility index (Phi) is 2.69. The smallest absolute Gasteiger partial charge is 0.0375 e. The zero-order chi connectivity index (χ0) is 9.10. The lowest BCUT2D eigenvalue weighted by atomic mass is 10.2. The minimum Gasteiger partial charge on any atom is -0.353 e. The summed E-state index contributed by atoms with van der Waals surface area (Å²) in [7, 11) is 0. The van der Waals surface area contributed by atoms with Crippen LogP contribution in [0.4, 0.5) is 0 Å². The number of aromatic nitrogens is 1. The van der Waals surface area contributed by atoms with E-state index in [0.29, 0.717) is 0 Å². The lowest BCUT2D eigenvalue weighted by Crippen LogP contribution is -2.32. The molecule has 0 N–H and O–H groups in total. The maximum absolute atomic E-state index is 2.58. The van der Waals surface area contributed by atoms with Crippen LogP contribution in [0.5, 0.6) is 0 Å². The molecule has 0 aromatic carbocycles. The third kappa shape index (κ3) is 1.94. The largest absolute Gasteiger partial charge is 0.353 e. The Bertz CT molecular complexity index is 241. The van der Waals surface area contributed by atoms with Crippen molar-refractivity contribution in [3.63, 3.8) is 0 Å². The van der Waals surface area contributed by atoms with Gasteiger partial charge in [-0.2, -0.15) is 0 Å². The predicted octanol–water partition coefficient (Wildman–Crippen LogP) is 1.97. The average Bonchev–Trinajstić information content (AvgIpc) is 2.76. The van der Waals surface area contributed by atoms with Crippen LogP contribution in [0.2, 0.25) is 0 Å². The highest BCUT2D eigenvalue weighted by Crippen LogP contribution is 2.17. The van der Waals surface area contributed by atoms with E-state index in [-0.39, 0.29) is 0 Å². The normalized spacial score (nSPS) is 23.9. The van der Waals surface area contributed by atoms with Gasteiger partial charge in [-0.3, -0.25) is 4.90 Å². The standard InChI is InChI=1S/C11H18N2/c1-2-13-9-5-6-11(13)10-12-7-3-4-8-12/h3-4,7-8,11H,2,5-6,9-10H2,1H3. The average molecular weight is 178 g/mol. The monoisotopic (exact) mass is 178 g/mol. The Morgan fingerprint density at radius 3 is 2.77 bits per heavy atom. The Hall–Kier alpha value is -0.760. The Morgan fingerprint density at radius 2 is 2.08 bits per heavy atom. The van der Waals surface area contributed by atoms with Crippen molar-refractivity contribution >= 4 is 0 Å². The van der Waals surface area contributed by atoms with Crippen LogP contribution in [0, 0.1) is 0 Å². The summed E-state index contributed by atoms with van der Waals surface area (Å²) in [5.41, 5.74) is 0. The molecule has 2 rings (SSSR count). The molecule has 2 heteroatoms. The molecule has 1 saturated heterocycles. The summed E-state index contributed by atoms with van der Waals surface area (Å²) >= 11 is 0. The minimum atomic E-state index is 0.775. The fraction of sp³-hybridized carbons (Fsp3) is 0.636. The minimum absolute atomic E-state index is 0.775. The van der Waals surface area contributed by atoms with E-state index < -0.39 is 0 Å². The molecule has 1 fully saturated rings. The maximum Gasteiger partial charge on any atom is 0.0375 e. The van der Waals surface area contributed by atoms with Gasteiger partial charge in [0.15, 0.2) is 0 Å². The van der Waals surface area contributed by atoms with Crippen LogP contribution in [-0.2, 0) is 6.54 Å². The molecular weight excluding hydrogens is 160 g/mol. The molecule has 1 unspecified atom stereocenters. The molecule has 1 aliphatic heterocycles. The predicted molar refractivity (Wildman–Crippen MR) is 54.7 cm³/mol. The van der Waals surface area contributed by atoms with E-state index in [4.69, 9.17) is 0 Å². The molecule has 1 atom stereocenters. The Balaban J connectivity index is 1.94. The topological polar surface area (TPSA) is 8.17 Å². The zero-order valence-corrected chi connectivity index (χ0v) is 8.32. The molecule has 0 bridgehead atoms. The van der Waals surface area contributed by atoms with Crippen LogP contribution in [-0.4, -0.2) is 28.6 Å². The Morgan fingerprint density at radius 1 is 1.31 bits per heavy atom. The summed E-state index contributed by atoms with van der Waals surface area (Å²) in [4.78, 5) is 2.58. The highest BCUT2D eigenvalue weighted by molar-refractivity contribution is 4.92. The highest BCUT2D eigenvalue weighted by Gasteiger charge is 2.22. The number of hydrogen-bond donors (Lipinski definition) is 0. The molecule has 1 aromatic rings. The van der Waals surface area contributed by atoms with Crippen molar-refractivity contribution in [3.05, 3.63) is 24.5 Å². The summed E-state index contributed by atoms with van der Waals surface area (Å²) in [5.74, 6) is 0. The van der Waals surface area contributed by atoms with Gasteiger partial charge in [0, 0.05) is 25.0 Å². The van der Waals surface area contributed by atoms with Crippen LogP contribution in [0.15, 0.2) is 24.5 Å². The first-order valence-electron chi connectivity index (χ1n) is 5.25. The first kappa shape index (κ1) is 8.82. The van der Waals surface area contributed by atoms with Crippen LogP contribution in [0.3, 0.4) is 0 Å². The van der Waals surface area contributed by atoms with E-state index >= 15 is 0 Å². The van der Waals surface area contributed by atoms with Gasteiger partial charge in [0.1, 0.15) is 0 Å². The van der Waals surface area contributed by atoms with E-state index in [9.17, 15) is 0 Å². The van der Waals surface area contributed by atoms with Gasteiger partial charge in [-0.15, -0.1) is 0 Å². The van der Waals surface area contributed by atoms with Crippen molar-refractivity contribution in [1.82, 2.24) is 9.47 Å². The van der Waals surface area contributed by atoms with Gasteiger partial charge in [0.2, 0.25) is 0 Å². The quantitative estimate of drug-likeness (QED) is 0.687. The molecule has 0 radical (unpaired) electrons. The molecular formula is C11H18N2. The summed E-state index contributed by atoms with van der Waals surface area (Å²) in [6.07, 6.45) is 7.06.